The zero-order valence-corrected chi connectivity index (χ0v) is 7.05. The van der Waals surface area contributed by atoms with E-state index in [9.17, 15) is 13.2 Å². The number of rotatable bonds is 1. The van der Waals surface area contributed by atoms with Crippen molar-refractivity contribution in [2.75, 3.05) is 12.0 Å². The first kappa shape index (κ1) is 8.72. The van der Waals surface area contributed by atoms with Crippen LogP contribution in [-0.4, -0.2) is 24.6 Å². The lowest BCUT2D eigenvalue weighted by Crippen LogP contribution is -2.16. The fourth-order valence-corrected chi connectivity index (χ4v) is 1.26. The molecule has 12 heavy (non-hydrogen) atoms. The minimum Gasteiger partial charge on any atom is -0.383 e. The van der Waals surface area contributed by atoms with Crippen molar-refractivity contribution in [1.82, 2.24) is 9.97 Å². The first-order valence-electron chi connectivity index (χ1n) is 2.96. The molecule has 0 unspecified atom stereocenters. The Morgan fingerprint density at radius 2 is 2.17 bits per heavy atom. The maximum atomic E-state index is 10.9. The van der Waals surface area contributed by atoms with Gasteiger partial charge >= 0.3 is 5.69 Å². The van der Waals surface area contributed by atoms with Crippen LogP contribution in [0, 0.1) is 0 Å². The standard InChI is InChI=1S/C5H7N3O3S/c1-12(10,11)4-2-3(6)7-5(9)8-4/h2H,1H3,(H3,6,7,8,9). The number of aromatic amines is 1. The Labute approximate surface area is 68.4 Å². The fourth-order valence-electron chi connectivity index (χ4n) is 0.653. The molecule has 0 saturated heterocycles. The third-order valence-corrected chi connectivity index (χ3v) is 2.16. The van der Waals surface area contributed by atoms with Crippen LogP contribution < -0.4 is 11.4 Å². The Morgan fingerprint density at radius 1 is 1.58 bits per heavy atom. The summed E-state index contributed by atoms with van der Waals surface area (Å²) in [5.41, 5.74) is 4.39. The van der Waals surface area contributed by atoms with Gasteiger partial charge in [0.1, 0.15) is 10.8 Å². The van der Waals surface area contributed by atoms with Gasteiger partial charge in [0.05, 0.1) is 0 Å². The number of nitrogen functional groups attached to an aromatic ring is 1. The number of nitrogens with one attached hydrogen (secondary N) is 1. The predicted octanol–water partition coefficient (Wildman–Crippen LogP) is -1.24. The maximum Gasteiger partial charge on any atom is 0.347 e. The fraction of sp³-hybridized carbons (Fsp3) is 0.200. The molecule has 1 heterocycles. The monoisotopic (exact) mass is 189 g/mol. The van der Waals surface area contributed by atoms with E-state index in [4.69, 9.17) is 5.73 Å². The highest BCUT2D eigenvalue weighted by Crippen LogP contribution is 2.03. The van der Waals surface area contributed by atoms with E-state index in [1.54, 1.807) is 0 Å². The molecule has 1 aromatic rings. The molecule has 0 aliphatic heterocycles. The van der Waals surface area contributed by atoms with Gasteiger partial charge in [0.25, 0.3) is 0 Å². The molecule has 0 atom stereocenters. The summed E-state index contributed by atoms with van der Waals surface area (Å²) < 4.78 is 21.8. The van der Waals surface area contributed by atoms with Gasteiger partial charge in [-0.05, 0) is 0 Å². The number of H-pyrrole nitrogens is 1. The van der Waals surface area contributed by atoms with E-state index in [1.807, 2.05) is 0 Å². The van der Waals surface area contributed by atoms with Crippen molar-refractivity contribution in [3.63, 3.8) is 0 Å². The Kier molecular flexibility index (Phi) is 1.89. The summed E-state index contributed by atoms with van der Waals surface area (Å²) in [6.45, 7) is 0. The van der Waals surface area contributed by atoms with Crippen molar-refractivity contribution in [2.45, 2.75) is 5.03 Å². The van der Waals surface area contributed by atoms with Crippen LogP contribution in [0.25, 0.3) is 0 Å². The second kappa shape index (κ2) is 2.59. The highest BCUT2D eigenvalue weighted by Gasteiger charge is 2.08. The molecule has 0 amide bonds. The number of hydrogen-bond acceptors (Lipinski definition) is 5. The molecular formula is C5H7N3O3S. The quantitative estimate of drug-likeness (QED) is 0.537. The van der Waals surface area contributed by atoms with E-state index >= 15 is 0 Å². The van der Waals surface area contributed by atoms with Crippen molar-refractivity contribution in [3.8, 4) is 0 Å². The predicted molar refractivity (Wildman–Crippen MR) is 42.4 cm³/mol. The zero-order valence-electron chi connectivity index (χ0n) is 6.23. The van der Waals surface area contributed by atoms with Gasteiger partial charge in [0.15, 0.2) is 9.84 Å². The largest absolute Gasteiger partial charge is 0.383 e. The lowest BCUT2D eigenvalue weighted by molar-refractivity contribution is 0.597. The number of nitrogens with two attached hydrogens (primary N) is 1. The maximum absolute atomic E-state index is 10.9. The lowest BCUT2D eigenvalue weighted by atomic mass is 10.6. The Balaban J connectivity index is 3.48. The van der Waals surface area contributed by atoms with Gasteiger partial charge in [-0.3, -0.25) is 4.98 Å². The second-order valence-corrected chi connectivity index (χ2v) is 4.23. The van der Waals surface area contributed by atoms with Crippen molar-refractivity contribution in [3.05, 3.63) is 16.6 Å². The second-order valence-electron chi connectivity index (χ2n) is 2.25. The van der Waals surface area contributed by atoms with E-state index in [0.29, 0.717) is 0 Å². The average Bonchev–Trinajstić information content (AvgIpc) is 1.82. The molecule has 0 aromatic carbocycles. The number of aromatic nitrogens is 2. The molecule has 0 radical (unpaired) electrons. The summed E-state index contributed by atoms with van der Waals surface area (Å²) in [7, 11) is -3.42. The lowest BCUT2D eigenvalue weighted by Gasteiger charge is -1.96. The summed E-state index contributed by atoms with van der Waals surface area (Å²) in [4.78, 5) is 16.0. The van der Waals surface area contributed by atoms with Crippen LogP contribution >= 0.6 is 0 Å². The van der Waals surface area contributed by atoms with Crippen molar-refractivity contribution >= 4 is 15.7 Å². The molecule has 0 saturated carbocycles. The molecule has 0 fully saturated rings. The Morgan fingerprint density at radius 3 is 2.58 bits per heavy atom. The van der Waals surface area contributed by atoms with Gasteiger partial charge in [-0.2, -0.15) is 4.98 Å². The van der Waals surface area contributed by atoms with E-state index in [-0.39, 0.29) is 10.8 Å². The van der Waals surface area contributed by atoms with E-state index in [0.717, 1.165) is 12.3 Å². The normalized spacial score (nSPS) is 11.4. The zero-order chi connectivity index (χ0) is 9.35. The summed E-state index contributed by atoms with van der Waals surface area (Å²) in [5, 5.41) is -0.222. The molecule has 0 bridgehead atoms. The number of sulfone groups is 1. The highest BCUT2D eigenvalue weighted by atomic mass is 32.2. The molecule has 0 aliphatic rings. The summed E-state index contributed by atoms with van der Waals surface area (Å²) in [6, 6.07) is 1.09. The van der Waals surface area contributed by atoms with Crippen molar-refractivity contribution in [2.24, 2.45) is 0 Å². The number of nitrogens with zero attached hydrogens (tertiary/aromatic N) is 1. The van der Waals surface area contributed by atoms with E-state index in [1.165, 1.54) is 0 Å². The van der Waals surface area contributed by atoms with Gasteiger partial charge in [-0.25, -0.2) is 13.2 Å². The van der Waals surface area contributed by atoms with Crippen molar-refractivity contribution < 1.29 is 8.42 Å². The third kappa shape index (κ3) is 1.82. The highest BCUT2D eigenvalue weighted by molar-refractivity contribution is 7.90. The summed E-state index contributed by atoms with van der Waals surface area (Å²) in [6.07, 6.45) is 0.970. The van der Waals surface area contributed by atoms with E-state index in [2.05, 4.69) is 9.97 Å². The number of anilines is 1. The van der Waals surface area contributed by atoms with Crippen LogP contribution in [0.3, 0.4) is 0 Å². The van der Waals surface area contributed by atoms with Crippen molar-refractivity contribution in [1.29, 1.82) is 0 Å². The van der Waals surface area contributed by atoms with Crippen LogP contribution in [-0.2, 0) is 9.84 Å². The van der Waals surface area contributed by atoms with Crippen LogP contribution in [0.4, 0.5) is 5.82 Å². The van der Waals surface area contributed by atoms with Gasteiger partial charge in [0, 0.05) is 12.3 Å². The van der Waals surface area contributed by atoms with Crippen LogP contribution in [0.5, 0.6) is 0 Å². The first-order chi connectivity index (χ1) is 5.39. The molecule has 66 valence electrons. The molecule has 0 spiro atoms. The summed E-state index contributed by atoms with van der Waals surface area (Å²) >= 11 is 0. The Hall–Kier alpha value is -1.37. The summed E-state index contributed by atoms with van der Waals surface area (Å²) in [5.74, 6) is -0.112. The van der Waals surface area contributed by atoms with E-state index < -0.39 is 15.5 Å². The van der Waals surface area contributed by atoms with Gasteiger partial charge in [-0.1, -0.05) is 0 Å². The van der Waals surface area contributed by atoms with Crippen LogP contribution in [0.1, 0.15) is 0 Å². The SMILES string of the molecule is CS(=O)(=O)c1cc(N)nc(=O)[nH]1. The molecule has 7 heteroatoms. The molecule has 1 aromatic heterocycles. The minimum atomic E-state index is -3.42. The van der Waals surface area contributed by atoms with Crippen LogP contribution in [0.15, 0.2) is 15.9 Å². The van der Waals surface area contributed by atoms with Crippen LogP contribution in [0.2, 0.25) is 0 Å². The third-order valence-electron chi connectivity index (χ3n) is 1.14. The average molecular weight is 189 g/mol. The van der Waals surface area contributed by atoms with Gasteiger partial charge in [-0.15, -0.1) is 0 Å². The number of hydrogen-bond donors (Lipinski definition) is 2. The van der Waals surface area contributed by atoms with Gasteiger partial charge in [0.2, 0.25) is 0 Å². The molecule has 3 N–H and O–H groups in total. The Bertz CT molecular complexity index is 447. The van der Waals surface area contributed by atoms with Gasteiger partial charge < -0.3 is 5.73 Å². The molecular weight excluding hydrogens is 182 g/mol. The molecule has 6 nitrogen and oxygen atoms in total. The smallest absolute Gasteiger partial charge is 0.347 e. The first-order valence-corrected chi connectivity index (χ1v) is 4.85. The molecule has 1 rings (SSSR count). The molecule has 0 aliphatic carbocycles. The minimum absolute atomic E-state index is 0.112. The topological polar surface area (TPSA) is 106 Å².